The van der Waals surface area contributed by atoms with Gasteiger partial charge in [-0.15, -0.1) is 0 Å². The topological polar surface area (TPSA) is 126 Å². The van der Waals surface area contributed by atoms with Crippen molar-refractivity contribution in [2.24, 2.45) is 0 Å². The van der Waals surface area contributed by atoms with E-state index in [1.807, 2.05) is 0 Å². The number of carbonyl (C=O) groups is 2. The number of nitrogens with zero attached hydrogens (tertiary/aromatic N) is 4. The molecule has 42 heavy (non-hydrogen) atoms. The van der Waals surface area contributed by atoms with Gasteiger partial charge in [-0.25, -0.2) is 18.6 Å². The first-order chi connectivity index (χ1) is 19.9. The molecular formula is C30H33F2N7O3. The van der Waals surface area contributed by atoms with E-state index in [0.717, 1.165) is 23.4 Å². The van der Waals surface area contributed by atoms with Gasteiger partial charge >= 0.3 is 6.03 Å². The molecule has 1 aliphatic heterocycles. The zero-order chi connectivity index (χ0) is 30.2. The monoisotopic (exact) mass is 577 g/mol. The maximum absolute atomic E-state index is 15.3. The Balaban J connectivity index is 1.33. The second-order valence-corrected chi connectivity index (χ2v) is 11.1. The second-order valence-electron chi connectivity index (χ2n) is 11.1. The molecule has 1 aliphatic rings. The summed E-state index contributed by atoms with van der Waals surface area (Å²) >= 11 is 0. The lowest BCUT2D eigenvalue weighted by Crippen LogP contribution is -2.42. The molecule has 3 heterocycles. The number of aliphatic hydroxyl groups is 1. The number of urea groups is 1. The van der Waals surface area contributed by atoms with E-state index in [9.17, 15) is 19.1 Å². The predicted molar refractivity (Wildman–Crippen MR) is 155 cm³/mol. The average molecular weight is 578 g/mol. The first-order valence-electron chi connectivity index (χ1n) is 13.6. The maximum Gasteiger partial charge on any atom is 0.317 e. The van der Waals surface area contributed by atoms with Crippen LogP contribution in [-0.4, -0.2) is 70.4 Å². The predicted octanol–water partition coefficient (Wildman–Crippen LogP) is 3.91. The highest BCUT2D eigenvalue weighted by Gasteiger charge is 2.28. The van der Waals surface area contributed by atoms with E-state index in [2.05, 4.69) is 30.7 Å². The number of benzene rings is 2. The summed E-state index contributed by atoms with van der Waals surface area (Å²) in [4.78, 5) is 32.7. The fraction of sp³-hybridized carbons (Fsp3) is 0.333. The maximum atomic E-state index is 15.3. The lowest BCUT2D eigenvalue weighted by atomic mass is 9.97. The average Bonchev–Trinajstić information content (AvgIpc) is 3.58. The summed E-state index contributed by atoms with van der Waals surface area (Å²) in [5.74, 6) is -1.33. The first-order valence-corrected chi connectivity index (χ1v) is 13.6. The normalized spacial score (nSPS) is 15.2. The smallest absolute Gasteiger partial charge is 0.317 e. The molecule has 0 spiro atoms. The Morgan fingerprint density at radius 3 is 2.62 bits per heavy atom. The van der Waals surface area contributed by atoms with Crippen LogP contribution in [0.25, 0.3) is 22.2 Å². The number of anilines is 1. The molecule has 3 amide bonds. The molecule has 1 saturated heterocycles. The molecule has 220 valence electrons. The summed E-state index contributed by atoms with van der Waals surface area (Å²) in [6.45, 7) is 4.15. The van der Waals surface area contributed by atoms with Crippen molar-refractivity contribution in [2.75, 3.05) is 32.1 Å². The van der Waals surface area contributed by atoms with Gasteiger partial charge in [0.1, 0.15) is 11.6 Å². The van der Waals surface area contributed by atoms with Gasteiger partial charge in [-0.05, 0) is 61.2 Å². The van der Waals surface area contributed by atoms with Crippen LogP contribution in [0.1, 0.15) is 41.8 Å². The summed E-state index contributed by atoms with van der Waals surface area (Å²) in [5, 5.41) is 23.8. The van der Waals surface area contributed by atoms with Gasteiger partial charge in [0.05, 0.1) is 16.6 Å². The van der Waals surface area contributed by atoms with Gasteiger partial charge in [-0.3, -0.25) is 9.89 Å². The van der Waals surface area contributed by atoms with Crippen LogP contribution in [0.3, 0.4) is 0 Å². The fourth-order valence-electron chi connectivity index (χ4n) is 4.99. The van der Waals surface area contributed by atoms with E-state index in [0.29, 0.717) is 35.7 Å². The largest absolute Gasteiger partial charge is 0.386 e. The van der Waals surface area contributed by atoms with E-state index in [1.54, 1.807) is 38.5 Å². The van der Waals surface area contributed by atoms with E-state index in [1.165, 1.54) is 36.9 Å². The van der Waals surface area contributed by atoms with Crippen LogP contribution in [0.5, 0.6) is 0 Å². The number of fused-ring (bicyclic) bond motifs is 1. The Morgan fingerprint density at radius 2 is 1.93 bits per heavy atom. The lowest BCUT2D eigenvalue weighted by Gasteiger charge is -2.19. The molecule has 0 bridgehead atoms. The molecule has 1 fully saturated rings. The standard InChI is InChI=1S/C30H33F2N7O3/c1-30(2,42)19-7-8-22(24(32)14-19)28(40)34-15-18-6-5-17(13-23(18)31)21-9-11-33-26-25(21)27(37-36-26)39-12-10-20(16-39)35-29(41)38(3)4/h5-9,11,13-14,20,42H,10,12,15-16H2,1-4H3,(H,34,40)(H,35,41)(H,33,36,37). The van der Waals surface area contributed by atoms with Gasteiger partial charge in [0.25, 0.3) is 5.91 Å². The third kappa shape index (κ3) is 5.89. The minimum Gasteiger partial charge on any atom is -0.386 e. The molecule has 1 unspecified atom stereocenters. The van der Waals surface area contributed by atoms with E-state index in [-0.39, 0.29) is 29.7 Å². The van der Waals surface area contributed by atoms with Gasteiger partial charge < -0.3 is 25.5 Å². The van der Waals surface area contributed by atoms with Crippen LogP contribution >= 0.6 is 0 Å². The summed E-state index contributed by atoms with van der Waals surface area (Å²) in [6.07, 6.45) is 2.37. The van der Waals surface area contributed by atoms with E-state index >= 15 is 4.39 Å². The quantitative estimate of drug-likeness (QED) is 0.264. The summed E-state index contributed by atoms with van der Waals surface area (Å²) < 4.78 is 29.8. The van der Waals surface area contributed by atoms with Crippen molar-refractivity contribution < 1.29 is 23.5 Å². The number of nitrogens with one attached hydrogen (secondary N) is 3. The first kappa shape index (κ1) is 28.9. The zero-order valence-corrected chi connectivity index (χ0v) is 23.8. The highest BCUT2D eigenvalue weighted by Crippen LogP contribution is 2.35. The Hall–Kier alpha value is -4.58. The number of hydrogen-bond acceptors (Lipinski definition) is 6. The molecule has 5 rings (SSSR count). The van der Waals surface area contributed by atoms with Gasteiger partial charge in [-0.1, -0.05) is 18.2 Å². The molecule has 4 N–H and O–H groups in total. The second kappa shape index (κ2) is 11.4. The minimum atomic E-state index is -1.25. The summed E-state index contributed by atoms with van der Waals surface area (Å²) in [7, 11) is 3.38. The van der Waals surface area contributed by atoms with Gasteiger partial charge in [0, 0.05) is 51.5 Å². The molecule has 0 saturated carbocycles. The van der Waals surface area contributed by atoms with Crippen LogP contribution in [0.15, 0.2) is 48.7 Å². The number of hydrogen-bond donors (Lipinski definition) is 4. The van der Waals surface area contributed by atoms with E-state index < -0.39 is 23.1 Å². The van der Waals surface area contributed by atoms with Crippen LogP contribution in [0.2, 0.25) is 0 Å². The number of aromatic amines is 1. The number of rotatable bonds is 7. The fourth-order valence-corrected chi connectivity index (χ4v) is 4.99. The van der Waals surface area contributed by atoms with Crippen molar-refractivity contribution in [1.82, 2.24) is 30.7 Å². The Morgan fingerprint density at radius 1 is 1.14 bits per heavy atom. The number of aromatic nitrogens is 3. The lowest BCUT2D eigenvalue weighted by molar-refractivity contribution is 0.0779. The van der Waals surface area contributed by atoms with Crippen molar-refractivity contribution in [3.05, 3.63) is 77.0 Å². The van der Waals surface area contributed by atoms with Crippen molar-refractivity contribution in [3.8, 4) is 11.1 Å². The SMILES string of the molecule is CN(C)C(=O)NC1CCN(c2n[nH]c3nccc(-c4ccc(CNC(=O)c5ccc(C(C)(C)O)cc5F)c(F)c4)c23)C1. The van der Waals surface area contributed by atoms with E-state index in [4.69, 9.17) is 0 Å². The van der Waals surface area contributed by atoms with Gasteiger partial charge in [0.15, 0.2) is 11.5 Å². The summed E-state index contributed by atoms with van der Waals surface area (Å²) in [6, 6.07) is 10.2. The highest BCUT2D eigenvalue weighted by molar-refractivity contribution is 6.01. The third-order valence-electron chi connectivity index (χ3n) is 7.39. The molecule has 1 atom stereocenters. The van der Waals surface area contributed by atoms with Crippen molar-refractivity contribution in [1.29, 1.82) is 0 Å². The van der Waals surface area contributed by atoms with Crippen LogP contribution in [0.4, 0.5) is 19.4 Å². The third-order valence-corrected chi connectivity index (χ3v) is 7.39. The van der Waals surface area contributed by atoms with Crippen LogP contribution < -0.4 is 15.5 Å². The number of pyridine rings is 1. The molecule has 10 nitrogen and oxygen atoms in total. The van der Waals surface area contributed by atoms with Crippen LogP contribution in [-0.2, 0) is 12.1 Å². The molecule has 4 aromatic rings. The minimum absolute atomic E-state index is 0.0355. The highest BCUT2D eigenvalue weighted by atomic mass is 19.1. The Labute approximate surface area is 241 Å². The van der Waals surface area contributed by atoms with Gasteiger partial charge in [0.2, 0.25) is 0 Å². The number of amides is 3. The van der Waals surface area contributed by atoms with Crippen molar-refractivity contribution in [3.63, 3.8) is 0 Å². The summed E-state index contributed by atoms with van der Waals surface area (Å²) in [5.41, 5.74) is 1.01. The molecule has 0 radical (unpaired) electrons. The van der Waals surface area contributed by atoms with Crippen molar-refractivity contribution >= 4 is 28.8 Å². The zero-order valence-electron chi connectivity index (χ0n) is 23.8. The molecule has 2 aromatic heterocycles. The Bertz CT molecular complexity index is 1650. The number of carbonyl (C=O) groups excluding carboxylic acids is 2. The number of halogens is 2. The molecule has 2 aromatic carbocycles. The molecule has 0 aliphatic carbocycles. The molecular weight excluding hydrogens is 544 g/mol. The Kier molecular flexibility index (Phi) is 7.83. The van der Waals surface area contributed by atoms with Crippen LogP contribution in [0, 0.1) is 11.6 Å². The molecule has 12 heteroatoms. The number of H-pyrrole nitrogens is 1. The van der Waals surface area contributed by atoms with Gasteiger partial charge in [-0.2, -0.15) is 5.10 Å². The van der Waals surface area contributed by atoms with Crippen molar-refractivity contribution in [2.45, 2.75) is 38.5 Å².